The van der Waals surface area contributed by atoms with Gasteiger partial charge in [-0.25, -0.2) is 0 Å². The molecule has 1 rings (SSSR count). The van der Waals surface area contributed by atoms with Crippen molar-refractivity contribution in [1.29, 1.82) is 5.26 Å². The average molecular weight is 211 g/mol. The molecule has 0 aliphatic carbocycles. The molecule has 78 valence electrons. The lowest BCUT2D eigenvalue weighted by Crippen LogP contribution is -2.04. The highest BCUT2D eigenvalue weighted by Gasteiger charge is 2.30. The van der Waals surface area contributed by atoms with Crippen LogP contribution in [0.1, 0.15) is 17.5 Å². The number of nitrogens with zero attached hydrogens (tertiary/aromatic N) is 1. The monoisotopic (exact) mass is 211 g/mol. The van der Waals surface area contributed by atoms with Gasteiger partial charge in [-0.2, -0.15) is 18.4 Å². The molecular weight excluding hydrogens is 203 g/mol. The second-order valence-corrected chi connectivity index (χ2v) is 2.89. The summed E-state index contributed by atoms with van der Waals surface area (Å²) in [4.78, 5) is 0. The van der Waals surface area contributed by atoms with Gasteiger partial charge in [0.25, 0.3) is 0 Å². The van der Waals surface area contributed by atoms with Crippen LogP contribution in [0.2, 0.25) is 0 Å². The lowest BCUT2D eigenvalue weighted by molar-refractivity contribution is -0.137. The van der Waals surface area contributed by atoms with E-state index in [9.17, 15) is 13.2 Å². The van der Waals surface area contributed by atoms with Gasteiger partial charge in [0.1, 0.15) is 0 Å². The van der Waals surface area contributed by atoms with Crippen molar-refractivity contribution in [2.75, 3.05) is 0 Å². The third-order valence-corrected chi connectivity index (χ3v) is 1.73. The molecule has 0 radical (unpaired) electrons. The zero-order valence-corrected chi connectivity index (χ0v) is 7.75. The van der Waals surface area contributed by atoms with Crippen LogP contribution < -0.4 is 0 Å². The number of nitriles is 1. The first-order valence-electron chi connectivity index (χ1n) is 4.25. The highest BCUT2D eigenvalue weighted by molar-refractivity contribution is 5.50. The van der Waals surface area contributed by atoms with Crippen molar-refractivity contribution in [3.63, 3.8) is 0 Å². The van der Waals surface area contributed by atoms with Crippen molar-refractivity contribution < 1.29 is 13.2 Å². The molecule has 0 spiro atoms. The van der Waals surface area contributed by atoms with Gasteiger partial charge in [0, 0.05) is 0 Å². The number of hydrogen-bond donors (Lipinski definition) is 0. The Balaban J connectivity index is 2.89. The molecule has 0 unspecified atom stereocenters. The molecule has 0 fully saturated rings. The van der Waals surface area contributed by atoms with E-state index in [-0.39, 0.29) is 6.42 Å². The van der Waals surface area contributed by atoms with E-state index in [4.69, 9.17) is 5.26 Å². The molecule has 15 heavy (non-hydrogen) atoms. The van der Waals surface area contributed by atoms with Gasteiger partial charge in [0.15, 0.2) is 0 Å². The van der Waals surface area contributed by atoms with Crippen molar-refractivity contribution >= 4 is 6.08 Å². The summed E-state index contributed by atoms with van der Waals surface area (Å²) in [6, 6.07) is 6.84. The Hall–Kier alpha value is -1.76. The summed E-state index contributed by atoms with van der Waals surface area (Å²) >= 11 is 0. The standard InChI is InChI=1S/C11H8F3N/c12-11(13,14)10-6-3-5-9(8-10)4-1-2-7-15/h1,3-6,8H,2H2. The minimum absolute atomic E-state index is 0.191. The molecular formula is C11H8F3N. The third-order valence-electron chi connectivity index (χ3n) is 1.73. The Morgan fingerprint density at radius 1 is 1.33 bits per heavy atom. The van der Waals surface area contributed by atoms with Gasteiger partial charge in [-0.3, -0.25) is 0 Å². The molecule has 0 heterocycles. The SMILES string of the molecule is N#CCC=Cc1cccc(C(F)(F)F)c1. The van der Waals surface area contributed by atoms with Gasteiger partial charge in [-0.15, -0.1) is 0 Å². The first-order chi connectivity index (χ1) is 7.04. The van der Waals surface area contributed by atoms with Crippen LogP contribution in [-0.4, -0.2) is 0 Å². The van der Waals surface area contributed by atoms with E-state index in [1.54, 1.807) is 6.07 Å². The van der Waals surface area contributed by atoms with Gasteiger partial charge in [-0.1, -0.05) is 24.3 Å². The number of hydrogen-bond acceptors (Lipinski definition) is 1. The summed E-state index contributed by atoms with van der Waals surface area (Å²) in [6.07, 6.45) is -1.11. The van der Waals surface area contributed by atoms with Crippen LogP contribution in [0.25, 0.3) is 6.08 Å². The van der Waals surface area contributed by atoms with E-state index in [1.807, 2.05) is 6.07 Å². The molecule has 0 aliphatic rings. The predicted molar refractivity (Wildman–Crippen MR) is 50.7 cm³/mol. The largest absolute Gasteiger partial charge is 0.416 e. The van der Waals surface area contributed by atoms with Crippen molar-refractivity contribution in [2.45, 2.75) is 12.6 Å². The molecule has 4 heteroatoms. The first-order valence-corrected chi connectivity index (χ1v) is 4.25. The van der Waals surface area contributed by atoms with E-state index in [1.165, 1.54) is 18.2 Å². The van der Waals surface area contributed by atoms with Crippen molar-refractivity contribution in [2.24, 2.45) is 0 Å². The summed E-state index contributed by atoms with van der Waals surface area (Å²) in [6.45, 7) is 0. The molecule has 1 aromatic rings. The lowest BCUT2D eigenvalue weighted by atomic mass is 10.1. The number of rotatable bonds is 2. The van der Waals surface area contributed by atoms with E-state index in [0.717, 1.165) is 12.1 Å². The summed E-state index contributed by atoms with van der Waals surface area (Å²) in [5.74, 6) is 0. The molecule has 0 aromatic heterocycles. The first kappa shape index (κ1) is 11.3. The Kier molecular flexibility index (Phi) is 3.51. The normalized spacial score (nSPS) is 11.6. The Morgan fingerprint density at radius 3 is 2.67 bits per heavy atom. The molecule has 0 bridgehead atoms. The molecule has 0 N–H and O–H groups in total. The fraction of sp³-hybridized carbons (Fsp3) is 0.182. The summed E-state index contributed by atoms with van der Waals surface area (Å²) in [5, 5.41) is 8.25. The molecule has 0 aliphatic heterocycles. The van der Waals surface area contributed by atoms with E-state index >= 15 is 0 Å². The van der Waals surface area contributed by atoms with Crippen molar-refractivity contribution in [3.8, 4) is 6.07 Å². The van der Waals surface area contributed by atoms with Crippen LogP contribution >= 0.6 is 0 Å². The quantitative estimate of drug-likeness (QED) is 0.732. The smallest absolute Gasteiger partial charge is 0.198 e. The van der Waals surface area contributed by atoms with Gasteiger partial charge < -0.3 is 0 Å². The summed E-state index contributed by atoms with van der Waals surface area (Å²) in [7, 11) is 0. The van der Waals surface area contributed by atoms with E-state index < -0.39 is 11.7 Å². The second kappa shape index (κ2) is 4.65. The van der Waals surface area contributed by atoms with Crippen LogP contribution in [0, 0.1) is 11.3 Å². The zero-order chi connectivity index (χ0) is 11.3. The predicted octanol–water partition coefficient (Wildman–Crippen LogP) is 3.63. The summed E-state index contributed by atoms with van der Waals surface area (Å²) in [5.41, 5.74) is -0.235. The molecule has 0 atom stereocenters. The highest BCUT2D eigenvalue weighted by Crippen LogP contribution is 2.29. The van der Waals surface area contributed by atoms with Gasteiger partial charge >= 0.3 is 6.18 Å². The van der Waals surface area contributed by atoms with Gasteiger partial charge in [0.2, 0.25) is 0 Å². The topological polar surface area (TPSA) is 23.8 Å². The molecule has 0 saturated carbocycles. The number of halogens is 3. The Labute approximate surface area is 85.5 Å². The van der Waals surface area contributed by atoms with Crippen molar-refractivity contribution in [1.82, 2.24) is 0 Å². The second-order valence-electron chi connectivity index (χ2n) is 2.89. The maximum Gasteiger partial charge on any atom is 0.416 e. The molecule has 1 nitrogen and oxygen atoms in total. The number of benzene rings is 1. The highest BCUT2D eigenvalue weighted by atomic mass is 19.4. The third kappa shape index (κ3) is 3.47. The van der Waals surface area contributed by atoms with Crippen LogP contribution in [0.5, 0.6) is 0 Å². The van der Waals surface area contributed by atoms with Crippen molar-refractivity contribution in [3.05, 3.63) is 41.5 Å². The number of alkyl halides is 3. The number of allylic oxidation sites excluding steroid dienone is 1. The summed E-state index contributed by atoms with van der Waals surface area (Å²) < 4.78 is 36.8. The molecule has 1 aromatic carbocycles. The Bertz CT molecular complexity index is 399. The van der Waals surface area contributed by atoms with Crippen LogP contribution in [0.15, 0.2) is 30.3 Å². The minimum Gasteiger partial charge on any atom is -0.198 e. The van der Waals surface area contributed by atoms with Crippen LogP contribution in [0.4, 0.5) is 13.2 Å². The molecule has 0 saturated heterocycles. The Morgan fingerprint density at radius 2 is 2.07 bits per heavy atom. The fourth-order valence-electron chi connectivity index (χ4n) is 1.07. The van der Waals surface area contributed by atoms with Gasteiger partial charge in [0.05, 0.1) is 18.1 Å². The van der Waals surface area contributed by atoms with Gasteiger partial charge in [-0.05, 0) is 17.7 Å². The minimum atomic E-state index is -4.32. The molecule has 0 amide bonds. The fourth-order valence-corrected chi connectivity index (χ4v) is 1.07. The zero-order valence-electron chi connectivity index (χ0n) is 7.75. The van der Waals surface area contributed by atoms with Crippen LogP contribution in [0.3, 0.4) is 0 Å². The van der Waals surface area contributed by atoms with E-state index in [2.05, 4.69) is 0 Å². The maximum atomic E-state index is 12.3. The maximum absolute atomic E-state index is 12.3. The lowest BCUT2D eigenvalue weighted by Gasteiger charge is -2.06. The van der Waals surface area contributed by atoms with E-state index in [0.29, 0.717) is 5.56 Å². The van der Waals surface area contributed by atoms with Crippen LogP contribution in [-0.2, 0) is 6.18 Å². The average Bonchev–Trinajstić information content (AvgIpc) is 2.17.